The standard InChI is InChI=1S/C22H14ClNO4/c1-13-18(28-22(26)15-7-2-3-8-17(15)23)10-9-16-20(25)19(27-21(13)16)12-14-6-4-5-11-24-14/h2-12H,1H3/b19-12-. The monoisotopic (exact) mass is 391 g/mol. The number of hydrogen-bond acceptors (Lipinski definition) is 5. The first-order chi connectivity index (χ1) is 13.5. The summed E-state index contributed by atoms with van der Waals surface area (Å²) in [4.78, 5) is 29.2. The first kappa shape index (κ1) is 17.9. The number of fused-ring (bicyclic) bond motifs is 1. The van der Waals surface area contributed by atoms with Crippen LogP contribution in [0.4, 0.5) is 0 Å². The van der Waals surface area contributed by atoms with Gasteiger partial charge < -0.3 is 9.47 Å². The Kier molecular flexibility index (Phi) is 4.67. The molecule has 0 aliphatic carbocycles. The number of allylic oxidation sites excluding steroid dienone is 1. The molecule has 1 aliphatic rings. The van der Waals surface area contributed by atoms with E-state index in [9.17, 15) is 9.59 Å². The van der Waals surface area contributed by atoms with Crippen LogP contribution >= 0.6 is 11.6 Å². The van der Waals surface area contributed by atoms with Crippen molar-refractivity contribution in [1.82, 2.24) is 4.98 Å². The second-order valence-electron chi connectivity index (χ2n) is 6.13. The minimum atomic E-state index is -0.581. The number of hydrogen-bond donors (Lipinski definition) is 0. The molecule has 0 saturated carbocycles. The van der Waals surface area contributed by atoms with E-state index in [1.807, 2.05) is 6.07 Å². The number of benzene rings is 2. The molecular formula is C22H14ClNO4. The normalized spacial score (nSPS) is 13.9. The first-order valence-corrected chi connectivity index (χ1v) is 8.88. The van der Waals surface area contributed by atoms with Gasteiger partial charge in [0.05, 0.1) is 21.8 Å². The lowest BCUT2D eigenvalue weighted by atomic mass is 10.1. The molecule has 138 valence electrons. The SMILES string of the molecule is Cc1c(OC(=O)c2ccccc2Cl)ccc2c1O/C(=C\c1ccccn1)C2=O. The van der Waals surface area contributed by atoms with Crippen LogP contribution in [0.25, 0.3) is 6.08 Å². The van der Waals surface area contributed by atoms with Crippen molar-refractivity contribution in [2.24, 2.45) is 0 Å². The molecule has 0 saturated heterocycles. The molecule has 1 aliphatic heterocycles. The van der Waals surface area contributed by atoms with Crippen LogP contribution in [0.3, 0.4) is 0 Å². The van der Waals surface area contributed by atoms with Gasteiger partial charge in [0.1, 0.15) is 11.5 Å². The van der Waals surface area contributed by atoms with Crippen molar-refractivity contribution < 1.29 is 19.1 Å². The van der Waals surface area contributed by atoms with E-state index >= 15 is 0 Å². The minimum absolute atomic E-state index is 0.173. The molecular weight excluding hydrogens is 378 g/mol. The third-order valence-electron chi connectivity index (χ3n) is 4.30. The topological polar surface area (TPSA) is 65.5 Å². The van der Waals surface area contributed by atoms with Crippen molar-refractivity contribution in [3.8, 4) is 11.5 Å². The summed E-state index contributed by atoms with van der Waals surface area (Å²) in [5, 5.41) is 0.304. The van der Waals surface area contributed by atoms with E-state index < -0.39 is 5.97 Å². The molecule has 2 heterocycles. The predicted molar refractivity (Wildman–Crippen MR) is 105 cm³/mol. The van der Waals surface area contributed by atoms with E-state index in [-0.39, 0.29) is 17.1 Å². The number of rotatable bonds is 3. The highest BCUT2D eigenvalue weighted by Gasteiger charge is 2.30. The van der Waals surface area contributed by atoms with E-state index in [0.29, 0.717) is 33.3 Å². The summed E-state index contributed by atoms with van der Waals surface area (Å²) in [7, 11) is 0. The van der Waals surface area contributed by atoms with Gasteiger partial charge in [0.2, 0.25) is 5.78 Å². The summed E-state index contributed by atoms with van der Waals surface area (Å²) in [6.45, 7) is 1.73. The highest BCUT2D eigenvalue weighted by atomic mass is 35.5. The van der Waals surface area contributed by atoms with Gasteiger partial charge in [0.25, 0.3) is 0 Å². The fourth-order valence-electron chi connectivity index (χ4n) is 2.86. The largest absolute Gasteiger partial charge is 0.452 e. The molecule has 0 atom stereocenters. The Balaban J connectivity index is 1.63. The van der Waals surface area contributed by atoms with Crippen molar-refractivity contribution in [2.75, 3.05) is 0 Å². The van der Waals surface area contributed by atoms with Crippen LogP contribution in [-0.4, -0.2) is 16.7 Å². The molecule has 5 nitrogen and oxygen atoms in total. The Morgan fingerprint density at radius 2 is 1.89 bits per heavy atom. The van der Waals surface area contributed by atoms with Gasteiger partial charge in [-0.25, -0.2) is 4.79 Å². The van der Waals surface area contributed by atoms with Gasteiger partial charge in [-0.3, -0.25) is 9.78 Å². The number of halogens is 1. The summed E-state index contributed by atoms with van der Waals surface area (Å²) in [5.74, 6) is 0.0218. The highest BCUT2D eigenvalue weighted by Crippen LogP contribution is 2.39. The maximum Gasteiger partial charge on any atom is 0.345 e. The van der Waals surface area contributed by atoms with Gasteiger partial charge >= 0.3 is 5.97 Å². The van der Waals surface area contributed by atoms with E-state index in [2.05, 4.69) is 4.98 Å². The minimum Gasteiger partial charge on any atom is -0.452 e. The van der Waals surface area contributed by atoms with Crippen molar-refractivity contribution in [3.63, 3.8) is 0 Å². The van der Waals surface area contributed by atoms with Gasteiger partial charge in [0.15, 0.2) is 5.76 Å². The molecule has 6 heteroatoms. The fraction of sp³-hybridized carbons (Fsp3) is 0.0455. The molecule has 0 radical (unpaired) electrons. The van der Waals surface area contributed by atoms with Crippen LogP contribution in [0.2, 0.25) is 5.02 Å². The van der Waals surface area contributed by atoms with Gasteiger partial charge in [-0.15, -0.1) is 0 Å². The van der Waals surface area contributed by atoms with Crippen LogP contribution in [0, 0.1) is 6.92 Å². The predicted octanol–water partition coefficient (Wildman–Crippen LogP) is 4.88. The zero-order valence-electron chi connectivity index (χ0n) is 14.8. The Bertz CT molecular complexity index is 1120. The molecule has 2 aromatic carbocycles. The van der Waals surface area contributed by atoms with Crippen molar-refractivity contribution in [3.05, 3.63) is 94.0 Å². The highest BCUT2D eigenvalue weighted by molar-refractivity contribution is 6.33. The van der Waals surface area contributed by atoms with Gasteiger partial charge in [0, 0.05) is 17.8 Å². The second-order valence-corrected chi connectivity index (χ2v) is 6.54. The van der Waals surface area contributed by atoms with E-state index in [1.165, 1.54) is 0 Å². The Morgan fingerprint density at radius 3 is 2.64 bits per heavy atom. The Labute approximate surface area is 166 Å². The summed E-state index contributed by atoms with van der Waals surface area (Å²) < 4.78 is 11.2. The quantitative estimate of drug-likeness (QED) is 0.361. The molecule has 1 aromatic heterocycles. The third-order valence-corrected chi connectivity index (χ3v) is 4.63. The zero-order valence-corrected chi connectivity index (χ0v) is 15.6. The second kappa shape index (κ2) is 7.29. The van der Waals surface area contributed by atoms with E-state index in [0.717, 1.165) is 0 Å². The lowest BCUT2D eigenvalue weighted by Gasteiger charge is -2.10. The maximum absolute atomic E-state index is 12.6. The number of aromatic nitrogens is 1. The average Bonchev–Trinajstić information content (AvgIpc) is 3.01. The van der Waals surface area contributed by atoms with E-state index in [1.54, 1.807) is 67.7 Å². The van der Waals surface area contributed by atoms with Crippen molar-refractivity contribution in [2.45, 2.75) is 6.92 Å². The number of pyridine rings is 1. The molecule has 3 aromatic rings. The van der Waals surface area contributed by atoms with Crippen LogP contribution in [0.15, 0.2) is 66.6 Å². The number of ketones is 1. The molecule has 0 unspecified atom stereocenters. The first-order valence-electron chi connectivity index (χ1n) is 8.50. The number of carbonyl (C=O) groups is 2. The fourth-order valence-corrected chi connectivity index (χ4v) is 3.07. The Hall–Kier alpha value is -3.44. The van der Waals surface area contributed by atoms with E-state index in [4.69, 9.17) is 21.1 Å². The summed E-state index contributed by atoms with van der Waals surface area (Å²) in [6.07, 6.45) is 3.22. The van der Waals surface area contributed by atoms with Gasteiger partial charge in [-0.1, -0.05) is 29.8 Å². The third kappa shape index (κ3) is 3.28. The molecule has 28 heavy (non-hydrogen) atoms. The molecule has 0 N–H and O–H groups in total. The van der Waals surface area contributed by atoms with Crippen LogP contribution in [-0.2, 0) is 0 Å². The summed E-state index contributed by atoms with van der Waals surface area (Å²) in [5.41, 5.74) is 1.84. The number of esters is 1. The van der Waals surface area contributed by atoms with Crippen molar-refractivity contribution in [1.29, 1.82) is 0 Å². The molecule has 0 fully saturated rings. The zero-order chi connectivity index (χ0) is 19.7. The van der Waals surface area contributed by atoms with Gasteiger partial charge in [-0.05, 0) is 43.3 Å². The number of carbonyl (C=O) groups excluding carboxylic acids is 2. The van der Waals surface area contributed by atoms with Gasteiger partial charge in [-0.2, -0.15) is 0 Å². The maximum atomic E-state index is 12.6. The Morgan fingerprint density at radius 1 is 1.11 bits per heavy atom. The van der Waals surface area contributed by atoms with Crippen molar-refractivity contribution >= 4 is 29.4 Å². The average molecular weight is 392 g/mol. The number of nitrogens with zero attached hydrogens (tertiary/aromatic N) is 1. The lowest BCUT2D eigenvalue weighted by Crippen LogP contribution is -2.10. The van der Waals surface area contributed by atoms with Crippen LogP contribution in [0.1, 0.15) is 32.0 Å². The lowest BCUT2D eigenvalue weighted by molar-refractivity contribution is 0.0733. The molecule has 0 amide bonds. The molecule has 0 bridgehead atoms. The number of ether oxygens (including phenoxy) is 2. The molecule has 0 spiro atoms. The van der Waals surface area contributed by atoms with Crippen LogP contribution in [0.5, 0.6) is 11.5 Å². The van der Waals surface area contributed by atoms with Crippen LogP contribution < -0.4 is 9.47 Å². The summed E-state index contributed by atoms with van der Waals surface area (Å²) >= 11 is 6.05. The number of Topliss-reactive ketones (excluding diaryl/α,β-unsaturated/α-hetero) is 1. The molecule has 4 rings (SSSR count). The smallest absolute Gasteiger partial charge is 0.345 e. The summed E-state index contributed by atoms with van der Waals surface area (Å²) in [6, 6.07) is 15.2.